The summed E-state index contributed by atoms with van der Waals surface area (Å²) in [6, 6.07) is 4.03. The minimum absolute atomic E-state index is 0.111. The van der Waals surface area contributed by atoms with Crippen molar-refractivity contribution in [2.24, 2.45) is 0 Å². The van der Waals surface area contributed by atoms with Gasteiger partial charge in [-0.25, -0.2) is 0 Å². The fourth-order valence-corrected chi connectivity index (χ4v) is 1.33. The summed E-state index contributed by atoms with van der Waals surface area (Å²) < 4.78 is 0. The van der Waals surface area contributed by atoms with Crippen molar-refractivity contribution in [1.29, 1.82) is 0 Å². The van der Waals surface area contributed by atoms with Gasteiger partial charge in [-0.1, -0.05) is 0 Å². The summed E-state index contributed by atoms with van der Waals surface area (Å²) in [5, 5.41) is 3.24. The number of carbonyl (C=O) groups is 1. The van der Waals surface area contributed by atoms with Crippen LogP contribution in [0.4, 0.5) is 5.69 Å². The Kier molecular flexibility index (Phi) is 4.28. The highest BCUT2D eigenvalue weighted by molar-refractivity contribution is 5.76. The molecular formula is C12H19N3O. The highest BCUT2D eigenvalue weighted by Crippen LogP contribution is 2.09. The molecule has 1 N–H and O–H groups in total. The lowest BCUT2D eigenvalue weighted by Crippen LogP contribution is -2.28. The number of hydrogen-bond acceptors (Lipinski definition) is 3. The van der Waals surface area contributed by atoms with Gasteiger partial charge in [0.15, 0.2) is 0 Å². The van der Waals surface area contributed by atoms with E-state index < -0.39 is 0 Å². The van der Waals surface area contributed by atoms with Gasteiger partial charge < -0.3 is 10.2 Å². The van der Waals surface area contributed by atoms with Crippen LogP contribution in [0, 0.1) is 6.92 Å². The van der Waals surface area contributed by atoms with E-state index in [1.807, 2.05) is 26.0 Å². The number of nitrogens with zero attached hydrogens (tertiary/aromatic N) is 2. The first kappa shape index (κ1) is 12.5. The highest BCUT2D eigenvalue weighted by atomic mass is 16.2. The third-order valence-electron chi connectivity index (χ3n) is 2.30. The minimum Gasteiger partial charge on any atom is -0.381 e. The highest BCUT2D eigenvalue weighted by Gasteiger charge is 2.10. The van der Waals surface area contributed by atoms with Crippen molar-refractivity contribution in [1.82, 2.24) is 9.88 Å². The van der Waals surface area contributed by atoms with Gasteiger partial charge in [0.25, 0.3) is 0 Å². The molecule has 0 saturated carbocycles. The van der Waals surface area contributed by atoms with E-state index in [4.69, 9.17) is 0 Å². The molecule has 0 radical (unpaired) electrons. The maximum atomic E-state index is 11.5. The monoisotopic (exact) mass is 221 g/mol. The van der Waals surface area contributed by atoms with E-state index in [9.17, 15) is 4.79 Å². The Hall–Kier alpha value is -1.58. The average molecular weight is 221 g/mol. The molecule has 0 saturated heterocycles. The van der Waals surface area contributed by atoms with E-state index in [0.29, 0.717) is 6.42 Å². The Balaban J connectivity index is 2.48. The van der Waals surface area contributed by atoms with E-state index >= 15 is 0 Å². The van der Waals surface area contributed by atoms with Crippen LogP contribution in [0.15, 0.2) is 18.3 Å². The Labute approximate surface area is 96.7 Å². The lowest BCUT2D eigenvalue weighted by atomic mass is 10.2. The molecule has 0 aliphatic rings. The maximum absolute atomic E-state index is 11.5. The standard InChI is InChI=1S/C12H19N3O/c1-9-5-6-11(8-13-9)14-10(2)7-12(16)15(3)4/h5-6,8,10,14H,7H2,1-4H3. The SMILES string of the molecule is Cc1ccc(NC(C)CC(=O)N(C)C)cn1. The van der Waals surface area contributed by atoms with Gasteiger partial charge in [0.05, 0.1) is 11.9 Å². The molecular weight excluding hydrogens is 202 g/mol. The Morgan fingerprint density at radius 3 is 2.69 bits per heavy atom. The van der Waals surface area contributed by atoms with Crippen molar-refractivity contribution >= 4 is 11.6 Å². The molecule has 1 atom stereocenters. The van der Waals surface area contributed by atoms with E-state index in [2.05, 4.69) is 10.3 Å². The lowest BCUT2D eigenvalue weighted by Gasteiger charge is -2.17. The minimum atomic E-state index is 0.111. The summed E-state index contributed by atoms with van der Waals surface area (Å²) >= 11 is 0. The van der Waals surface area contributed by atoms with Crippen molar-refractivity contribution in [2.75, 3.05) is 19.4 Å². The summed E-state index contributed by atoms with van der Waals surface area (Å²) in [5.74, 6) is 0.125. The Bertz CT molecular complexity index is 346. The van der Waals surface area contributed by atoms with Crippen LogP contribution in [0.5, 0.6) is 0 Å². The number of amides is 1. The number of anilines is 1. The van der Waals surface area contributed by atoms with E-state index in [1.54, 1.807) is 25.2 Å². The summed E-state index contributed by atoms with van der Waals surface area (Å²) in [6.45, 7) is 3.93. The first-order chi connectivity index (χ1) is 7.49. The number of pyridine rings is 1. The molecule has 0 aliphatic heterocycles. The van der Waals surface area contributed by atoms with E-state index in [-0.39, 0.29) is 11.9 Å². The second kappa shape index (κ2) is 5.49. The van der Waals surface area contributed by atoms with Crippen molar-refractivity contribution in [3.8, 4) is 0 Å². The Morgan fingerprint density at radius 2 is 2.19 bits per heavy atom. The van der Waals surface area contributed by atoms with Crippen LogP contribution in [0.3, 0.4) is 0 Å². The predicted molar refractivity (Wildman–Crippen MR) is 65.4 cm³/mol. The van der Waals surface area contributed by atoms with Gasteiger partial charge in [0.2, 0.25) is 5.91 Å². The molecule has 1 aromatic rings. The average Bonchev–Trinajstić information content (AvgIpc) is 2.21. The van der Waals surface area contributed by atoms with Gasteiger partial charge in [-0.2, -0.15) is 0 Å². The number of nitrogens with one attached hydrogen (secondary N) is 1. The molecule has 0 spiro atoms. The van der Waals surface area contributed by atoms with Gasteiger partial charge in [-0.3, -0.25) is 9.78 Å². The van der Waals surface area contributed by atoms with Gasteiger partial charge in [0, 0.05) is 32.3 Å². The topological polar surface area (TPSA) is 45.2 Å². The molecule has 1 rings (SSSR count). The third-order valence-corrected chi connectivity index (χ3v) is 2.30. The summed E-state index contributed by atoms with van der Waals surface area (Å²) in [5.41, 5.74) is 1.94. The fourth-order valence-electron chi connectivity index (χ4n) is 1.33. The van der Waals surface area contributed by atoms with Crippen molar-refractivity contribution < 1.29 is 4.79 Å². The van der Waals surface area contributed by atoms with Gasteiger partial charge in [-0.05, 0) is 26.0 Å². The van der Waals surface area contributed by atoms with E-state index in [0.717, 1.165) is 11.4 Å². The second-order valence-electron chi connectivity index (χ2n) is 4.23. The quantitative estimate of drug-likeness (QED) is 0.841. The van der Waals surface area contributed by atoms with Crippen LogP contribution in [0.2, 0.25) is 0 Å². The zero-order valence-electron chi connectivity index (χ0n) is 10.3. The number of rotatable bonds is 4. The van der Waals surface area contributed by atoms with Gasteiger partial charge in [-0.15, -0.1) is 0 Å². The van der Waals surface area contributed by atoms with Crippen molar-refractivity contribution in [3.05, 3.63) is 24.0 Å². The summed E-state index contributed by atoms with van der Waals surface area (Å²) in [7, 11) is 3.53. The number of hydrogen-bond donors (Lipinski definition) is 1. The molecule has 16 heavy (non-hydrogen) atoms. The first-order valence-corrected chi connectivity index (χ1v) is 5.38. The summed E-state index contributed by atoms with van der Waals surface area (Å²) in [4.78, 5) is 17.3. The first-order valence-electron chi connectivity index (χ1n) is 5.38. The molecule has 1 unspecified atom stereocenters. The second-order valence-corrected chi connectivity index (χ2v) is 4.23. The van der Waals surface area contributed by atoms with Gasteiger partial charge >= 0.3 is 0 Å². The maximum Gasteiger partial charge on any atom is 0.224 e. The molecule has 0 fully saturated rings. The molecule has 0 aliphatic carbocycles. The van der Waals surface area contributed by atoms with Crippen LogP contribution >= 0.6 is 0 Å². The van der Waals surface area contributed by atoms with Gasteiger partial charge in [0.1, 0.15) is 0 Å². The fraction of sp³-hybridized carbons (Fsp3) is 0.500. The molecule has 0 bridgehead atoms. The molecule has 4 heteroatoms. The largest absolute Gasteiger partial charge is 0.381 e. The zero-order chi connectivity index (χ0) is 12.1. The van der Waals surface area contributed by atoms with Crippen LogP contribution in [-0.4, -0.2) is 35.9 Å². The van der Waals surface area contributed by atoms with Crippen LogP contribution in [0.1, 0.15) is 19.0 Å². The third kappa shape index (κ3) is 3.88. The molecule has 0 aromatic carbocycles. The molecule has 4 nitrogen and oxygen atoms in total. The van der Waals surface area contributed by atoms with Crippen molar-refractivity contribution in [3.63, 3.8) is 0 Å². The summed E-state index contributed by atoms with van der Waals surface area (Å²) in [6.07, 6.45) is 2.27. The molecule has 88 valence electrons. The molecule has 1 amide bonds. The number of aromatic nitrogens is 1. The predicted octanol–water partition coefficient (Wildman–Crippen LogP) is 1.67. The van der Waals surface area contributed by atoms with Crippen molar-refractivity contribution in [2.45, 2.75) is 26.3 Å². The molecule has 1 heterocycles. The zero-order valence-corrected chi connectivity index (χ0v) is 10.3. The van der Waals surface area contributed by atoms with Crippen LogP contribution < -0.4 is 5.32 Å². The Morgan fingerprint density at radius 1 is 1.50 bits per heavy atom. The molecule has 1 aromatic heterocycles. The smallest absolute Gasteiger partial charge is 0.224 e. The van der Waals surface area contributed by atoms with E-state index in [1.165, 1.54) is 0 Å². The van der Waals surface area contributed by atoms with Crippen LogP contribution in [0.25, 0.3) is 0 Å². The number of aryl methyl sites for hydroxylation is 1. The number of carbonyl (C=O) groups excluding carboxylic acids is 1. The van der Waals surface area contributed by atoms with Crippen LogP contribution in [-0.2, 0) is 4.79 Å². The normalized spacial score (nSPS) is 12.0. The lowest BCUT2D eigenvalue weighted by molar-refractivity contribution is -0.128.